The standard InChI is InChI=1S/C24H27NO7/c1-14-11-16(23(28)25(22(14)27)13-30-12-15-7-4-3-5-8-15)19-20-21(29-2)24(32-19)17(26)9-6-10-18(24)31-20/h3-9,11,16-21,26H,10,12-13H2,1-2H3/t16?,17-,18?,19-,20-,21-,24?/m0/s1. The molecule has 0 radical (unpaired) electrons. The molecule has 8 nitrogen and oxygen atoms in total. The summed E-state index contributed by atoms with van der Waals surface area (Å²) in [5, 5.41) is 10.8. The van der Waals surface area contributed by atoms with E-state index in [1.807, 2.05) is 36.4 Å². The number of fused-ring (bicyclic) bond motifs is 1. The SMILES string of the molecule is CO[C@H]1[C@H]2OC3CC=C[C@H](O)C31O[C@H]2C1C=C(C)C(=O)N(COCc2ccccc2)C1=O. The summed E-state index contributed by atoms with van der Waals surface area (Å²) in [6, 6.07) is 9.55. The van der Waals surface area contributed by atoms with Crippen LogP contribution < -0.4 is 0 Å². The molecule has 3 heterocycles. The molecule has 8 heteroatoms. The van der Waals surface area contributed by atoms with E-state index in [2.05, 4.69) is 0 Å². The normalized spacial score (nSPS) is 38.2. The molecule has 2 amide bonds. The smallest absolute Gasteiger partial charge is 0.257 e. The Labute approximate surface area is 186 Å². The molecule has 170 valence electrons. The maximum Gasteiger partial charge on any atom is 0.257 e. The van der Waals surface area contributed by atoms with Crippen LogP contribution in [0.4, 0.5) is 0 Å². The second-order valence-electron chi connectivity index (χ2n) is 8.70. The van der Waals surface area contributed by atoms with Gasteiger partial charge < -0.3 is 24.1 Å². The Bertz CT molecular complexity index is 960. The summed E-state index contributed by atoms with van der Waals surface area (Å²) >= 11 is 0. The van der Waals surface area contributed by atoms with Crippen molar-refractivity contribution in [2.75, 3.05) is 13.8 Å². The molecule has 2 bridgehead atoms. The number of hydrogen-bond donors (Lipinski definition) is 1. The number of amides is 2. The zero-order valence-electron chi connectivity index (χ0n) is 18.0. The number of carbonyl (C=O) groups excluding carboxylic acids is 2. The lowest BCUT2D eigenvalue weighted by atomic mass is 9.81. The largest absolute Gasteiger partial charge is 0.386 e. The van der Waals surface area contributed by atoms with E-state index in [1.54, 1.807) is 26.2 Å². The maximum absolute atomic E-state index is 13.3. The molecule has 4 aliphatic rings. The van der Waals surface area contributed by atoms with Crippen molar-refractivity contribution in [3.8, 4) is 0 Å². The summed E-state index contributed by atoms with van der Waals surface area (Å²) in [6.45, 7) is 1.80. The monoisotopic (exact) mass is 441 g/mol. The number of hydrogen-bond acceptors (Lipinski definition) is 7. The van der Waals surface area contributed by atoms with Gasteiger partial charge in [0, 0.05) is 12.7 Å². The molecular formula is C24H27NO7. The lowest BCUT2D eigenvalue weighted by Gasteiger charge is -2.43. The van der Waals surface area contributed by atoms with Gasteiger partial charge in [0.1, 0.15) is 31.1 Å². The van der Waals surface area contributed by atoms with Crippen molar-refractivity contribution < 1.29 is 33.6 Å². The highest BCUT2D eigenvalue weighted by atomic mass is 16.7. The van der Waals surface area contributed by atoms with Gasteiger partial charge in [-0.3, -0.25) is 14.5 Å². The third-order valence-corrected chi connectivity index (χ3v) is 6.87. The van der Waals surface area contributed by atoms with E-state index >= 15 is 0 Å². The highest BCUT2D eigenvalue weighted by Crippen LogP contribution is 2.53. The molecular weight excluding hydrogens is 414 g/mol. The molecule has 2 fully saturated rings. The van der Waals surface area contributed by atoms with Crippen LogP contribution in [-0.2, 0) is 35.1 Å². The Morgan fingerprint density at radius 3 is 2.75 bits per heavy atom. The van der Waals surface area contributed by atoms with E-state index in [-0.39, 0.29) is 25.3 Å². The van der Waals surface area contributed by atoms with Gasteiger partial charge >= 0.3 is 0 Å². The highest BCUT2D eigenvalue weighted by Gasteiger charge is 2.71. The Hall–Kier alpha value is -2.36. The maximum atomic E-state index is 13.3. The van der Waals surface area contributed by atoms with Gasteiger partial charge in [-0.05, 0) is 18.9 Å². The van der Waals surface area contributed by atoms with Gasteiger partial charge in [0.25, 0.3) is 5.91 Å². The first kappa shape index (κ1) is 21.5. The molecule has 32 heavy (non-hydrogen) atoms. The molecule has 1 aromatic carbocycles. The third kappa shape index (κ3) is 3.17. The number of carbonyl (C=O) groups is 2. The van der Waals surface area contributed by atoms with Crippen LogP contribution in [-0.4, -0.2) is 71.8 Å². The Morgan fingerprint density at radius 1 is 1.22 bits per heavy atom. The topological polar surface area (TPSA) is 94.5 Å². The number of imide groups is 1. The van der Waals surface area contributed by atoms with Crippen molar-refractivity contribution in [2.45, 2.75) is 56.1 Å². The summed E-state index contributed by atoms with van der Waals surface area (Å²) in [6.07, 6.45) is 2.82. The number of benzene rings is 1. The molecule has 3 unspecified atom stereocenters. The predicted octanol–water partition coefficient (Wildman–Crippen LogP) is 1.33. The minimum atomic E-state index is -1.06. The molecule has 1 aromatic rings. The number of methoxy groups -OCH3 is 1. The van der Waals surface area contributed by atoms with Crippen LogP contribution >= 0.6 is 0 Å². The minimum absolute atomic E-state index is 0.153. The Kier molecular flexibility index (Phi) is 5.51. The van der Waals surface area contributed by atoms with Crippen molar-refractivity contribution >= 4 is 11.8 Å². The number of ether oxygens (including phenoxy) is 4. The number of rotatable bonds is 6. The van der Waals surface area contributed by atoms with Gasteiger partial charge in [0.15, 0.2) is 5.60 Å². The molecule has 3 aliphatic heterocycles. The summed E-state index contributed by atoms with van der Waals surface area (Å²) in [4.78, 5) is 27.2. The zero-order chi connectivity index (χ0) is 22.5. The van der Waals surface area contributed by atoms with Crippen LogP contribution in [0.1, 0.15) is 18.9 Å². The fourth-order valence-electron chi connectivity index (χ4n) is 5.34. The first-order valence-corrected chi connectivity index (χ1v) is 10.8. The van der Waals surface area contributed by atoms with Crippen molar-refractivity contribution in [2.24, 2.45) is 5.92 Å². The Morgan fingerprint density at radius 2 is 2.00 bits per heavy atom. The fraction of sp³-hybridized carbons (Fsp3) is 0.500. The van der Waals surface area contributed by atoms with Crippen LogP contribution in [0, 0.1) is 5.92 Å². The second-order valence-corrected chi connectivity index (χ2v) is 8.70. The fourth-order valence-corrected chi connectivity index (χ4v) is 5.34. The molecule has 0 saturated carbocycles. The summed E-state index contributed by atoms with van der Waals surface area (Å²) in [5.74, 6) is -1.53. The average molecular weight is 441 g/mol. The van der Waals surface area contributed by atoms with Crippen LogP contribution in [0.25, 0.3) is 0 Å². The Balaban J connectivity index is 1.35. The van der Waals surface area contributed by atoms with Crippen molar-refractivity contribution in [1.29, 1.82) is 0 Å². The number of aliphatic hydroxyl groups is 1. The predicted molar refractivity (Wildman–Crippen MR) is 112 cm³/mol. The van der Waals surface area contributed by atoms with E-state index in [4.69, 9.17) is 18.9 Å². The molecule has 1 N–H and O–H groups in total. The van der Waals surface area contributed by atoms with Gasteiger partial charge in [0.05, 0.1) is 18.6 Å². The van der Waals surface area contributed by atoms with E-state index < -0.39 is 41.8 Å². The van der Waals surface area contributed by atoms with Gasteiger partial charge in [-0.1, -0.05) is 48.6 Å². The molecule has 1 aliphatic carbocycles. The van der Waals surface area contributed by atoms with Crippen molar-refractivity contribution in [3.63, 3.8) is 0 Å². The minimum Gasteiger partial charge on any atom is -0.386 e. The van der Waals surface area contributed by atoms with Crippen LogP contribution in [0.15, 0.2) is 54.1 Å². The van der Waals surface area contributed by atoms with Gasteiger partial charge in [-0.15, -0.1) is 0 Å². The molecule has 5 rings (SSSR count). The highest BCUT2D eigenvalue weighted by molar-refractivity contribution is 6.08. The number of aliphatic hydroxyl groups excluding tert-OH is 1. The summed E-state index contributed by atoms with van der Waals surface area (Å²) in [7, 11) is 1.55. The average Bonchev–Trinajstić information content (AvgIpc) is 3.30. The summed E-state index contributed by atoms with van der Waals surface area (Å²) < 4.78 is 24.0. The van der Waals surface area contributed by atoms with Gasteiger partial charge in [0.2, 0.25) is 5.91 Å². The van der Waals surface area contributed by atoms with Crippen molar-refractivity contribution in [3.05, 3.63) is 59.7 Å². The van der Waals surface area contributed by atoms with E-state index in [9.17, 15) is 14.7 Å². The van der Waals surface area contributed by atoms with E-state index in [0.29, 0.717) is 12.0 Å². The first-order chi connectivity index (χ1) is 15.5. The molecule has 7 atom stereocenters. The molecule has 1 spiro atoms. The lowest BCUT2D eigenvalue weighted by molar-refractivity contribution is -0.226. The van der Waals surface area contributed by atoms with Crippen LogP contribution in [0.5, 0.6) is 0 Å². The van der Waals surface area contributed by atoms with Gasteiger partial charge in [-0.2, -0.15) is 0 Å². The first-order valence-electron chi connectivity index (χ1n) is 10.8. The van der Waals surface area contributed by atoms with Crippen molar-refractivity contribution in [1.82, 2.24) is 4.90 Å². The van der Waals surface area contributed by atoms with Gasteiger partial charge in [-0.25, -0.2) is 0 Å². The van der Waals surface area contributed by atoms with E-state index in [1.165, 1.54) is 0 Å². The van der Waals surface area contributed by atoms with E-state index in [0.717, 1.165) is 10.5 Å². The third-order valence-electron chi connectivity index (χ3n) is 6.87. The quantitative estimate of drug-likeness (QED) is 0.526. The molecule has 2 saturated heterocycles. The zero-order valence-corrected chi connectivity index (χ0v) is 18.0. The number of nitrogens with zero attached hydrogens (tertiary/aromatic N) is 1. The lowest BCUT2D eigenvalue weighted by Crippen LogP contribution is -2.59. The van der Waals surface area contributed by atoms with Crippen LogP contribution in [0.2, 0.25) is 0 Å². The van der Waals surface area contributed by atoms with Crippen LogP contribution in [0.3, 0.4) is 0 Å². The second kappa shape index (κ2) is 8.20. The summed E-state index contributed by atoms with van der Waals surface area (Å²) in [5.41, 5.74) is 0.332. The molecule has 0 aromatic heterocycles.